The molecule has 0 aliphatic heterocycles. The maximum Gasteiger partial charge on any atom is 0.189 e. The summed E-state index contributed by atoms with van der Waals surface area (Å²) >= 11 is 0. The van der Waals surface area contributed by atoms with Crippen LogP contribution in [-0.4, -0.2) is 20.3 Å². The molecule has 0 unspecified atom stereocenters. The molecule has 4 aromatic rings. The van der Waals surface area contributed by atoms with E-state index in [-0.39, 0.29) is 11.6 Å². The number of nitriles is 1. The van der Waals surface area contributed by atoms with Gasteiger partial charge in [0.05, 0.1) is 22.8 Å². The Hall–Kier alpha value is -3.72. The van der Waals surface area contributed by atoms with E-state index in [1.165, 1.54) is 6.07 Å². The Bertz CT molecular complexity index is 1210. The Labute approximate surface area is 161 Å². The lowest BCUT2D eigenvalue weighted by atomic mass is 9.98. The van der Waals surface area contributed by atoms with E-state index in [4.69, 9.17) is 0 Å². The van der Waals surface area contributed by atoms with Gasteiger partial charge in [0.15, 0.2) is 11.7 Å². The molecule has 5 nitrogen and oxygen atoms in total. The number of fused-ring (bicyclic) bond motifs is 1. The van der Waals surface area contributed by atoms with Crippen LogP contribution in [0, 0.1) is 31.0 Å². The van der Waals surface area contributed by atoms with Crippen molar-refractivity contribution >= 4 is 16.8 Å². The zero-order valence-electron chi connectivity index (χ0n) is 15.4. The highest BCUT2D eigenvalue weighted by atomic mass is 19.1. The summed E-state index contributed by atoms with van der Waals surface area (Å²) in [5.74, 6) is -1.50. The summed E-state index contributed by atoms with van der Waals surface area (Å²) in [5, 5.41) is 9.67. The number of aromatic amines is 1. The Morgan fingerprint density at radius 2 is 1.89 bits per heavy atom. The topological polar surface area (TPSA) is 74.5 Å². The molecule has 1 atom stereocenters. The quantitative estimate of drug-likeness (QED) is 0.532. The first-order valence-electron chi connectivity index (χ1n) is 8.83. The molecule has 0 aliphatic carbocycles. The van der Waals surface area contributed by atoms with Gasteiger partial charge < -0.3 is 9.55 Å². The molecule has 2 aromatic carbocycles. The average molecular weight is 372 g/mol. The number of H-pyrrole nitrogens is 1. The van der Waals surface area contributed by atoms with E-state index in [1.54, 1.807) is 42.7 Å². The number of carbonyl (C=O) groups excluding carboxylic acids is 1. The highest BCUT2D eigenvalue weighted by Crippen LogP contribution is 2.27. The van der Waals surface area contributed by atoms with E-state index in [0.29, 0.717) is 34.0 Å². The van der Waals surface area contributed by atoms with Gasteiger partial charge in [0, 0.05) is 17.0 Å². The summed E-state index contributed by atoms with van der Waals surface area (Å²) in [6.07, 6.45) is 0. The molecule has 0 aliphatic rings. The van der Waals surface area contributed by atoms with Crippen LogP contribution in [0.5, 0.6) is 0 Å². The van der Waals surface area contributed by atoms with Crippen LogP contribution >= 0.6 is 0 Å². The predicted molar refractivity (Wildman–Crippen MR) is 104 cm³/mol. The van der Waals surface area contributed by atoms with Gasteiger partial charge in [-0.25, -0.2) is 9.37 Å². The molecule has 0 radical (unpaired) electrons. The van der Waals surface area contributed by atoms with Crippen LogP contribution in [0.3, 0.4) is 0 Å². The second-order valence-corrected chi connectivity index (χ2v) is 6.64. The number of para-hydroxylation sites is 3. The van der Waals surface area contributed by atoms with Gasteiger partial charge in [-0.05, 0) is 44.2 Å². The van der Waals surface area contributed by atoms with Crippen LogP contribution in [0.25, 0.3) is 16.7 Å². The summed E-state index contributed by atoms with van der Waals surface area (Å²) in [5.41, 5.74) is 3.52. The van der Waals surface area contributed by atoms with Crippen molar-refractivity contribution in [3.05, 3.63) is 83.2 Å². The second kappa shape index (κ2) is 6.78. The SMILES string of the molecule is Cc1cc(C(=O)[C@H](C#N)c2nc3ccccc3[nH]2)c(C)n1-c1ccccc1F. The van der Waals surface area contributed by atoms with Crippen LogP contribution in [0.4, 0.5) is 4.39 Å². The standard InChI is InChI=1S/C22H17FN4O/c1-13-11-15(14(2)27(13)20-10-6-3-7-17(20)23)21(28)16(12-24)22-25-18-8-4-5-9-19(18)26-22/h3-11,16H,1-2H3,(H,25,26)/t16-/m0/s1. The molecule has 0 fully saturated rings. The minimum absolute atomic E-state index is 0.310. The van der Waals surface area contributed by atoms with Crippen molar-refractivity contribution in [2.45, 2.75) is 19.8 Å². The number of aromatic nitrogens is 3. The van der Waals surface area contributed by atoms with E-state index in [1.807, 2.05) is 24.3 Å². The first-order valence-corrected chi connectivity index (χ1v) is 8.83. The predicted octanol–water partition coefficient (Wildman–Crippen LogP) is 4.60. The summed E-state index contributed by atoms with van der Waals surface area (Å²) in [6, 6.07) is 17.5. The molecule has 138 valence electrons. The van der Waals surface area contributed by atoms with Gasteiger partial charge in [0.25, 0.3) is 0 Å². The molecule has 0 bridgehead atoms. The fraction of sp³-hybridized carbons (Fsp3) is 0.136. The zero-order chi connectivity index (χ0) is 19.8. The van der Waals surface area contributed by atoms with Crippen molar-refractivity contribution in [1.82, 2.24) is 14.5 Å². The zero-order valence-corrected chi connectivity index (χ0v) is 15.4. The Balaban J connectivity index is 1.78. The third kappa shape index (κ3) is 2.78. The minimum Gasteiger partial charge on any atom is -0.340 e. The molecule has 2 aromatic heterocycles. The highest BCUT2D eigenvalue weighted by Gasteiger charge is 2.28. The lowest BCUT2D eigenvalue weighted by Crippen LogP contribution is -2.14. The van der Waals surface area contributed by atoms with E-state index in [9.17, 15) is 14.4 Å². The number of nitrogens with zero attached hydrogens (tertiary/aromatic N) is 3. The summed E-state index contributed by atoms with van der Waals surface area (Å²) in [6.45, 7) is 3.55. The van der Waals surface area contributed by atoms with E-state index in [2.05, 4.69) is 16.0 Å². The van der Waals surface area contributed by atoms with Crippen LogP contribution in [0.1, 0.15) is 33.5 Å². The number of carbonyl (C=O) groups is 1. The molecule has 1 N–H and O–H groups in total. The number of hydrogen-bond acceptors (Lipinski definition) is 3. The molecule has 0 amide bonds. The van der Waals surface area contributed by atoms with Gasteiger partial charge >= 0.3 is 0 Å². The average Bonchev–Trinajstić information content (AvgIpc) is 3.23. The van der Waals surface area contributed by atoms with Crippen LogP contribution in [0.15, 0.2) is 54.6 Å². The summed E-state index contributed by atoms with van der Waals surface area (Å²) < 4.78 is 16.0. The third-order valence-electron chi connectivity index (χ3n) is 4.86. The highest BCUT2D eigenvalue weighted by molar-refractivity contribution is 6.04. The molecule has 2 heterocycles. The number of aryl methyl sites for hydroxylation is 1. The number of ketones is 1. The Morgan fingerprint density at radius 3 is 2.61 bits per heavy atom. The molecule has 28 heavy (non-hydrogen) atoms. The van der Waals surface area contributed by atoms with Crippen molar-refractivity contribution < 1.29 is 9.18 Å². The van der Waals surface area contributed by atoms with Crippen molar-refractivity contribution in [3.63, 3.8) is 0 Å². The number of hydrogen-bond donors (Lipinski definition) is 1. The van der Waals surface area contributed by atoms with Gasteiger partial charge in [-0.3, -0.25) is 4.79 Å². The minimum atomic E-state index is -1.07. The maximum absolute atomic E-state index is 14.3. The van der Waals surface area contributed by atoms with Crippen molar-refractivity contribution in [2.24, 2.45) is 0 Å². The fourth-order valence-electron chi connectivity index (χ4n) is 3.52. The molecular weight excluding hydrogens is 355 g/mol. The molecule has 6 heteroatoms. The number of rotatable bonds is 4. The van der Waals surface area contributed by atoms with E-state index < -0.39 is 5.92 Å². The fourth-order valence-corrected chi connectivity index (χ4v) is 3.52. The molecular formula is C22H17FN4O. The lowest BCUT2D eigenvalue weighted by molar-refractivity contribution is 0.0976. The second-order valence-electron chi connectivity index (χ2n) is 6.64. The first kappa shape index (κ1) is 17.7. The van der Waals surface area contributed by atoms with Crippen molar-refractivity contribution in [2.75, 3.05) is 0 Å². The smallest absolute Gasteiger partial charge is 0.189 e. The van der Waals surface area contributed by atoms with Crippen LogP contribution in [-0.2, 0) is 0 Å². The number of Topliss-reactive ketones (excluding diaryl/α,β-unsaturated/α-hetero) is 1. The van der Waals surface area contributed by atoms with Gasteiger partial charge in [-0.2, -0.15) is 5.26 Å². The molecule has 4 rings (SSSR count). The van der Waals surface area contributed by atoms with Gasteiger partial charge in [0.2, 0.25) is 0 Å². The number of halogens is 1. The molecule has 0 spiro atoms. The van der Waals surface area contributed by atoms with Crippen LogP contribution < -0.4 is 0 Å². The van der Waals surface area contributed by atoms with E-state index >= 15 is 0 Å². The number of nitrogens with one attached hydrogen (secondary N) is 1. The number of benzene rings is 2. The third-order valence-corrected chi connectivity index (χ3v) is 4.86. The molecule has 0 saturated heterocycles. The number of imidazole rings is 1. The van der Waals surface area contributed by atoms with Gasteiger partial charge in [-0.15, -0.1) is 0 Å². The maximum atomic E-state index is 14.3. The van der Waals surface area contributed by atoms with Crippen molar-refractivity contribution in [3.8, 4) is 11.8 Å². The van der Waals surface area contributed by atoms with E-state index in [0.717, 1.165) is 5.52 Å². The lowest BCUT2D eigenvalue weighted by Gasteiger charge is -2.11. The summed E-state index contributed by atoms with van der Waals surface area (Å²) in [7, 11) is 0. The first-order chi connectivity index (χ1) is 13.5. The Kier molecular flexibility index (Phi) is 4.28. The van der Waals surface area contributed by atoms with Crippen LogP contribution in [0.2, 0.25) is 0 Å². The largest absolute Gasteiger partial charge is 0.340 e. The van der Waals surface area contributed by atoms with Gasteiger partial charge in [-0.1, -0.05) is 24.3 Å². The normalized spacial score (nSPS) is 12.1. The van der Waals surface area contributed by atoms with Crippen molar-refractivity contribution in [1.29, 1.82) is 5.26 Å². The molecule has 0 saturated carbocycles. The summed E-state index contributed by atoms with van der Waals surface area (Å²) in [4.78, 5) is 20.6. The monoisotopic (exact) mass is 372 g/mol. The Morgan fingerprint density at radius 1 is 1.18 bits per heavy atom. The van der Waals surface area contributed by atoms with Gasteiger partial charge in [0.1, 0.15) is 11.6 Å².